The van der Waals surface area contributed by atoms with Gasteiger partial charge in [0.05, 0.1) is 30.4 Å². The molecule has 7 nitrogen and oxygen atoms in total. The maximum Gasteiger partial charge on any atom is 0.348 e. The molecule has 2 aromatic rings. The molecule has 0 saturated heterocycles. The molecule has 130 valence electrons. The molecule has 1 N–H and O–H groups in total. The molecule has 2 rings (SSSR count). The van der Waals surface area contributed by atoms with E-state index in [1.807, 2.05) is 13.0 Å². The van der Waals surface area contributed by atoms with Gasteiger partial charge in [0.1, 0.15) is 4.88 Å². The number of esters is 1. The maximum absolute atomic E-state index is 12.0. The molecule has 1 aromatic heterocycles. The first kappa shape index (κ1) is 18.3. The number of benzene rings is 1. The van der Waals surface area contributed by atoms with E-state index in [-0.39, 0.29) is 12.5 Å². The smallest absolute Gasteiger partial charge is 0.348 e. The van der Waals surface area contributed by atoms with Crippen LogP contribution in [0.4, 0.5) is 5.00 Å². The van der Waals surface area contributed by atoms with E-state index >= 15 is 0 Å². The van der Waals surface area contributed by atoms with Crippen molar-refractivity contribution in [3.63, 3.8) is 0 Å². The first-order chi connectivity index (χ1) is 12.1. The molecular weight excluding hydrogens is 344 g/mol. The number of nitriles is 1. The molecule has 0 aliphatic carbocycles. The lowest BCUT2D eigenvalue weighted by molar-refractivity contribution is -0.118. The van der Waals surface area contributed by atoms with Crippen molar-refractivity contribution in [3.05, 3.63) is 40.8 Å². The van der Waals surface area contributed by atoms with Gasteiger partial charge in [0.15, 0.2) is 18.1 Å². The standard InChI is InChI=1S/C17H16N2O5S/c1-3-23-13-8-11(9-18)4-5-12(13)24-10-15(20)19-16-7-6-14(25-16)17(21)22-2/h4-8H,3,10H2,1-2H3,(H,19,20). The zero-order valence-electron chi connectivity index (χ0n) is 13.7. The summed E-state index contributed by atoms with van der Waals surface area (Å²) in [5.41, 5.74) is 0.439. The van der Waals surface area contributed by atoms with E-state index < -0.39 is 5.97 Å². The number of methoxy groups -OCH3 is 1. The van der Waals surface area contributed by atoms with Gasteiger partial charge in [-0.05, 0) is 31.2 Å². The highest BCUT2D eigenvalue weighted by Crippen LogP contribution is 2.28. The van der Waals surface area contributed by atoms with Crippen molar-refractivity contribution in [2.24, 2.45) is 0 Å². The summed E-state index contributed by atoms with van der Waals surface area (Å²) in [6.45, 7) is 1.98. The van der Waals surface area contributed by atoms with Gasteiger partial charge in [0.2, 0.25) is 0 Å². The van der Waals surface area contributed by atoms with Crippen LogP contribution >= 0.6 is 11.3 Å². The number of anilines is 1. The Morgan fingerprint density at radius 3 is 2.68 bits per heavy atom. The third-order valence-corrected chi connectivity index (χ3v) is 3.97. The zero-order valence-corrected chi connectivity index (χ0v) is 14.5. The van der Waals surface area contributed by atoms with Gasteiger partial charge >= 0.3 is 5.97 Å². The summed E-state index contributed by atoms with van der Waals surface area (Å²) >= 11 is 1.11. The molecule has 0 atom stereocenters. The highest BCUT2D eigenvalue weighted by Gasteiger charge is 2.12. The lowest BCUT2D eigenvalue weighted by atomic mass is 10.2. The highest BCUT2D eigenvalue weighted by atomic mass is 32.1. The molecule has 1 heterocycles. The second-order valence-electron chi connectivity index (χ2n) is 4.70. The predicted molar refractivity (Wildman–Crippen MR) is 92.1 cm³/mol. The minimum Gasteiger partial charge on any atom is -0.490 e. The average Bonchev–Trinajstić information content (AvgIpc) is 3.08. The van der Waals surface area contributed by atoms with E-state index in [0.29, 0.717) is 33.5 Å². The SMILES string of the molecule is CCOc1cc(C#N)ccc1OCC(=O)Nc1ccc(C(=O)OC)s1. The van der Waals surface area contributed by atoms with Crippen molar-refractivity contribution in [2.45, 2.75) is 6.92 Å². The zero-order chi connectivity index (χ0) is 18.2. The first-order valence-corrected chi connectivity index (χ1v) is 8.16. The first-order valence-electron chi connectivity index (χ1n) is 7.35. The normalized spacial score (nSPS) is 9.80. The summed E-state index contributed by atoms with van der Waals surface area (Å²) in [7, 11) is 1.29. The van der Waals surface area contributed by atoms with Gasteiger partial charge in [-0.2, -0.15) is 5.26 Å². The molecule has 0 saturated carbocycles. The summed E-state index contributed by atoms with van der Waals surface area (Å²) in [6, 6.07) is 9.91. The number of carbonyl (C=O) groups is 2. The molecule has 0 fully saturated rings. The maximum atomic E-state index is 12.0. The fourth-order valence-electron chi connectivity index (χ4n) is 1.90. The molecule has 0 unspecified atom stereocenters. The third-order valence-electron chi connectivity index (χ3n) is 2.99. The number of rotatable bonds is 7. The van der Waals surface area contributed by atoms with Crippen molar-refractivity contribution in [1.82, 2.24) is 0 Å². The van der Waals surface area contributed by atoms with Crippen LogP contribution in [0.1, 0.15) is 22.2 Å². The third kappa shape index (κ3) is 4.96. The topological polar surface area (TPSA) is 97.6 Å². The van der Waals surface area contributed by atoms with Gasteiger partial charge in [-0.1, -0.05) is 0 Å². The Balaban J connectivity index is 1.97. The van der Waals surface area contributed by atoms with Crippen molar-refractivity contribution in [1.29, 1.82) is 5.26 Å². The van der Waals surface area contributed by atoms with Gasteiger partial charge in [0.25, 0.3) is 5.91 Å². The number of thiophene rings is 1. The summed E-state index contributed by atoms with van der Waals surface area (Å²) < 4.78 is 15.5. The van der Waals surface area contributed by atoms with Gasteiger partial charge in [-0.15, -0.1) is 11.3 Å². The van der Waals surface area contributed by atoms with Crippen molar-refractivity contribution in [2.75, 3.05) is 25.6 Å². The quantitative estimate of drug-likeness (QED) is 0.763. The molecule has 0 spiro atoms. The van der Waals surface area contributed by atoms with Gasteiger partial charge in [-0.3, -0.25) is 4.79 Å². The predicted octanol–water partition coefficient (Wildman–Crippen LogP) is 2.82. The molecule has 25 heavy (non-hydrogen) atoms. The van der Waals surface area contributed by atoms with Crippen LogP contribution in [0.15, 0.2) is 30.3 Å². The monoisotopic (exact) mass is 360 g/mol. The van der Waals surface area contributed by atoms with E-state index in [9.17, 15) is 9.59 Å². The van der Waals surface area contributed by atoms with Crippen LogP contribution in [0.25, 0.3) is 0 Å². The van der Waals surface area contributed by atoms with Crippen LogP contribution in [0.2, 0.25) is 0 Å². The average molecular weight is 360 g/mol. The number of amides is 1. The van der Waals surface area contributed by atoms with E-state index in [0.717, 1.165) is 11.3 Å². The number of hydrogen-bond donors (Lipinski definition) is 1. The lowest BCUT2D eigenvalue weighted by Gasteiger charge is -2.11. The molecular formula is C17H16N2O5S. The number of hydrogen-bond acceptors (Lipinski definition) is 7. The van der Waals surface area contributed by atoms with Crippen LogP contribution in [-0.2, 0) is 9.53 Å². The van der Waals surface area contributed by atoms with Gasteiger partial charge < -0.3 is 19.5 Å². The number of nitrogens with one attached hydrogen (secondary N) is 1. The summed E-state index contributed by atoms with van der Waals surface area (Å²) in [4.78, 5) is 23.8. The van der Waals surface area contributed by atoms with Crippen LogP contribution in [-0.4, -0.2) is 32.2 Å². The summed E-state index contributed by atoms with van der Waals surface area (Å²) in [6.07, 6.45) is 0. The van der Waals surface area contributed by atoms with Crippen LogP contribution in [0.5, 0.6) is 11.5 Å². The fourth-order valence-corrected chi connectivity index (χ4v) is 2.74. The number of carbonyl (C=O) groups excluding carboxylic acids is 2. The highest BCUT2D eigenvalue weighted by molar-refractivity contribution is 7.18. The van der Waals surface area contributed by atoms with Gasteiger partial charge in [0, 0.05) is 6.07 Å². The molecule has 1 aromatic carbocycles. The van der Waals surface area contributed by atoms with E-state index in [1.165, 1.54) is 7.11 Å². The van der Waals surface area contributed by atoms with Crippen LogP contribution < -0.4 is 14.8 Å². The Morgan fingerprint density at radius 1 is 1.20 bits per heavy atom. The summed E-state index contributed by atoms with van der Waals surface area (Å²) in [5, 5.41) is 12.1. The summed E-state index contributed by atoms with van der Waals surface area (Å²) in [5.74, 6) is -0.0679. The molecule has 0 aliphatic rings. The number of nitrogens with zero attached hydrogens (tertiary/aromatic N) is 1. The Hall–Kier alpha value is -3.05. The van der Waals surface area contributed by atoms with E-state index in [1.54, 1.807) is 30.3 Å². The number of ether oxygens (including phenoxy) is 3. The Labute approximate surface area is 148 Å². The molecule has 0 radical (unpaired) electrons. The second-order valence-corrected chi connectivity index (χ2v) is 5.78. The lowest BCUT2D eigenvalue weighted by Crippen LogP contribution is -2.19. The van der Waals surface area contributed by atoms with E-state index in [4.69, 9.17) is 14.7 Å². The minimum atomic E-state index is -0.458. The Morgan fingerprint density at radius 2 is 2.00 bits per heavy atom. The van der Waals surface area contributed by atoms with Crippen LogP contribution in [0, 0.1) is 11.3 Å². The van der Waals surface area contributed by atoms with Crippen molar-refractivity contribution in [3.8, 4) is 17.6 Å². The van der Waals surface area contributed by atoms with Crippen molar-refractivity contribution >= 4 is 28.2 Å². The second kappa shape index (κ2) is 8.70. The Kier molecular flexibility index (Phi) is 6.37. The fraction of sp³-hybridized carbons (Fsp3) is 0.235. The van der Waals surface area contributed by atoms with E-state index in [2.05, 4.69) is 10.1 Å². The Bertz CT molecular complexity index is 810. The molecule has 8 heteroatoms. The molecule has 1 amide bonds. The van der Waals surface area contributed by atoms with Crippen LogP contribution in [0.3, 0.4) is 0 Å². The molecule has 0 aliphatic heterocycles. The molecule has 0 bridgehead atoms. The van der Waals surface area contributed by atoms with Gasteiger partial charge in [-0.25, -0.2) is 4.79 Å². The largest absolute Gasteiger partial charge is 0.490 e. The van der Waals surface area contributed by atoms with Crippen molar-refractivity contribution < 1.29 is 23.8 Å². The minimum absolute atomic E-state index is 0.239.